The van der Waals surface area contributed by atoms with Gasteiger partial charge in [0.15, 0.2) is 11.6 Å². The summed E-state index contributed by atoms with van der Waals surface area (Å²) in [6, 6.07) is 78.5. The molecule has 62 heavy (non-hydrogen) atoms. The Labute approximate surface area is 359 Å². The molecule has 4 heteroatoms. The first-order valence-electron chi connectivity index (χ1n) is 21.2. The zero-order chi connectivity index (χ0) is 40.8. The average molecular weight is 789 g/mol. The van der Waals surface area contributed by atoms with Crippen molar-refractivity contribution in [2.24, 2.45) is 0 Å². The summed E-state index contributed by atoms with van der Waals surface area (Å²) in [7, 11) is 0. The Kier molecular flexibility index (Phi) is 7.49. The van der Waals surface area contributed by atoms with E-state index in [1.165, 1.54) is 61.2 Å². The highest BCUT2D eigenvalue weighted by molar-refractivity contribution is 6.17. The maximum atomic E-state index is 5.39. The first-order chi connectivity index (χ1) is 30.8. The predicted octanol–water partition coefficient (Wildman–Crippen LogP) is 14.0. The Morgan fingerprint density at radius 1 is 0.323 bits per heavy atom. The summed E-state index contributed by atoms with van der Waals surface area (Å²) in [5.74, 6) is 1.83. The third-order valence-corrected chi connectivity index (χ3v) is 13.1. The molecule has 4 nitrogen and oxygen atoms in total. The zero-order valence-corrected chi connectivity index (χ0v) is 33.6. The smallest absolute Gasteiger partial charge is 0.238 e. The van der Waals surface area contributed by atoms with Gasteiger partial charge in [-0.25, -0.2) is 4.98 Å². The van der Waals surface area contributed by atoms with Crippen molar-refractivity contribution in [1.29, 1.82) is 0 Å². The molecule has 288 valence electrons. The summed E-state index contributed by atoms with van der Waals surface area (Å²) in [6.45, 7) is 0. The van der Waals surface area contributed by atoms with Crippen LogP contribution in [0.15, 0.2) is 218 Å². The van der Waals surface area contributed by atoms with Crippen LogP contribution in [0.2, 0.25) is 0 Å². The molecule has 11 aromatic rings. The van der Waals surface area contributed by atoms with Crippen LogP contribution < -0.4 is 0 Å². The lowest BCUT2D eigenvalue weighted by molar-refractivity contribution is 0.794. The van der Waals surface area contributed by atoms with Crippen LogP contribution in [0, 0.1) is 0 Å². The SMILES string of the molecule is c1ccc(-c2nc(-c3ccccc3)nc(-n3c4ccc(-c5ccccc5-c5ccccc5)cc4c4ccc5c(c43)-c3ccccc3C53c4ccccc4-c4ccccc43)n2)cc1. The van der Waals surface area contributed by atoms with Crippen molar-refractivity contribution in [3.05, 3.63) is 241 Å². The molecule has 1 spiro atoms. The molecule has 0 atom stereocenters. The van der Waals surface area contributed by atoms with E-state index in [4.69, 9.17) is 15.0 Å². The monoisotopic (exact) mass is 788 g/mol. The normalized spacial score (nSPS) is 13.0. The molecule has 0 bridgehead atoms. The third kappa shape index (κ3) is 4.86. The van der Waals surface area contributed by atoms with E-state index >= 15 is 0 Å². The summed E-state index contributed by atoms with van der Waals surface area (Å²) in [5.41, 5.74) is 18.4. The molecule has 0 aliphatic heterocycles. The number of aromatic nitrogens is 4. The first kappa shape index (κ1) is 34.6. The first-order valence-corrected chi connectivity index (χ1v) is 21.2. The van der Waals surface area contributed by atoms with E-state index in [-0.39, 0.29) is 0 Å². The van der Waals surface area contributed by atoms with E-state index in [1.54, 1.807) is 0 Å². The fourth-order valence-corrected chi connectivity index (χ4v) is 10.6. The van der Waals surface area contributed by atoms with E-state index in [2.05, 4.69) is 187 Å². The van der Waals surface area contributed by atoms with Crippen LogP contribution in [0.5, 0.6) is 0 Å². The Hall–Kier alpha value is -8.21. The van der Waals surface area contributed by atoms with Crippen LogP contribution in [-0.4, -0.2) is 19.5 Å². The molecule has 0 saturated heterocycles. The Morgan fingerprint density at radius 3 is 1.37 bits per heavy atom. The molecule has 2 aliphatic carbocycles. The molecule has 13 rings (SSSR count). The van der Waals surface area contributed by atoms with E-state index in [0.29, 0.717) is 17.6 Å². The second kappa shape index (κ2) is 13.4. The number of nitrogens with zero attached hydrogens (tertiary/aromatic N) is 4. The Bertz CT molecular complexity index is 3470. The summed E-state index contributed by atoms with van der Waals surface area (Å²) in [4.78, 5) is 15.9. The zero-order valence-electron chi connectivity index (χ0n) is 33.6. The van der Waals surface area contributed by atoms with Gasteiger partial charge in [0.2, 0.25) is 5.95 Å². The van der Waals surface area contributed by atoms with Crippen molar-refractivity contribution in [2.45, 2.75) is 5.41 Å². The Balaban J connectivity index is 1.17. The second-order valence-corrected chi connectivity index (χ2v) is 16.3. The van der Waals surface area contributed by atoms with Gasteiger partial charge in [-0.15, -0.1) is 0 Å². The van der Waals surface area contributed by atoms with Gasteiger partial charge in [-0.3, -0.25) is 4.57 Å². The topological polar surface area (TPSA) is 43.6 Å². The average Bonchev–Trinajstić information content (AvgIpc) is 3.96. The van der Waals surface area contributed by atoms with Crippen LogP contribution in [0.1, 0.15) is 22.3 Å². The highest BCUT2D eigenvalue weighted by Crippen LogP contribution is 2.64. The lowest BCUT2D eigenvalue weighted by atomic mass is 9.70. The highest BCUT2D eigenvalue weighted by Gasteiger charge is 2.52. The van der Waals surface area contributed by atoms with Crippen LogP contribution >= 0.6 is 0 Å². The third-order valence-electron chi connectivity index (χ3n) is 13.1. The summed E-state index contributed by atoms with van der Waals surface area (Å²) in [6.07, 6.45) is 0. The number of benzene rings is 9. The number of rotatable bonds is 5. The molecule has 9 aromatic carbocycles. The van der Waals surface area contributed by atoms with Gasteiger partial charge in [-0.2, -0.15) is 9.97 Å². The van der Waals surface area contributed by atoms with Gasteiger partial charge in [0.1, 0.15) is 0 Å². The minimum Gasteiger partial charge on any atom is -0.277 e. The van der Waals surface area contributed by atoms with Crippen LogP contribution in [0.4, 0.5) is 0 Å². The largest absolute Gasteiger partial charge is 0.277 e. The predicted molar refractivity (Wildman–Crippen MR) is 252 cm³/mol. The molecular formula is C58H36N4. The summed E-state index contributed by atoms with van der Waals surface area (Å²) < 4.78 is 2.32. The summed E-state index contributed by atoms with van der Waals surface area (Å²) in [5, 5.41) is 2.28. The van der Waals surface area contributed by atoms with Crippen LogP contribution in [0.25, 0.3) is 95.0 Å². The molecule has 0 amide bonds. The van der Waals surface area contributed by atoms with Crippen molar-refractivity contribution < 1.29 is 0 Å². The van der Waals surface area contributed by atoms with Gasteiger partial charge in [0.25, 0.3) is 0 Å². The van der Waals surface area contributed by atoms with Crippen molar-refractivity contribution in [3.63, 3.8) is 0 Å². The second-order valence-electron chi connectivity index (χ2n) is 16.3. The lowest BCUT2D eigenvalue weighted by Crippen LogP contribution is -2.25. The Morgan fingerprint density at radius 2 is 0.790 bits per heavy atom. The number of hydrogen-bond donors (Lipinski definition) is 0. The minimum absolute atomic E-state index is 0.502. The van der Waals surface area contributed by atoms with E-state index in [1.807, 2.05) is 36.4 Å². The van der Waals surface area contributed by atoms with Gasteiger partial charge in [0.05, 0.1) is 16.4 Å². The van der Waals surface area contributed by atoms with Crippen LogP contribution in [-0.2, 0) is 5.41 Å². The van der Waals surface area contributed by atoms with E-state index in [9.17, 15) is 0 Å². The molecule has 0 N–H and O–H groups in total. The molecule has 2 aromatic heterocycles. The molecule has 0 radical (unpaired) electrons. The van der Waals surface area contributed by atoms with Crippen molar-refractivity contribution in [1.82, 2.24) is 19.5 Å². The number of fused-ring (bicyclic) bond motifs is 14. The maximum absolute atomic E-state index is 5.39. The van der Waals surface area contributed by atoms with Gasteiger partial charge in [-0.05, 0) is 73.3 Å². The molecular weight excluding hydrogens is 753 g/mol. The van der Waals surface area contributed by atoms with E-state index in [0.717, 1.165) is 38.5 Å². The summed E-state index contributed by atoms with van der Waals surface area (Å²) >= 11 is 0. The quantitative estimate of drug-likeness (QED) is 0.174. The van der Waals surface area contributed by atoms with Gasteiger partial charge >= 0.3 is 0 Å². The van der Waals surface area contributed by atoms with Gasteiger partial charge < -0.3 is 0 Å². The van der Waals surface area contributed by atoms with Crippen molar-refractivity contribution in [2.75, 3.05) is 0 Å². The fourth-order valence-electron chi connectivity index (χ4n) is 10.6. The van der Waals surface area contributed by atoms with E-state index < -0.39 is 5.41 Å². The standard InChI is InChI=1S/C58H36N4/c1-4-18-37(19-5-1)41-24-10-11-25-42(41)40-32-35-52-47(36-40)45-33-34-51-53(46-28-14-17-31-50(46)58(51)48-29-15-12-26-43(48)44-27-13-16-30-49(44)58)54(45)62(52)57-60-55(38-20-6-2-7-21-38)59-56(61-57)39-22-8-3-9-23-39/h1-36H. The van der Waals surface area contributed by atoms with Crippen LogP contribution in [0.3, 0.4) is 0 Å². The fraction of sp³-hybridized carbons (Fsp3) is 0.0172. The number of hydrogen-bond acceptors (Lipinski definition) is 3. The molecule has 2 aliphatic rings. The lowest BCUT2D eigenvalue weighted by Gasteiger charge is -2.30. The van der Waals surface area contributed by atoms with Crippen molar-refractivity contribution in [3.8, 4) is 73.2 Å². The highest BCUT2D eigenvalue weighted by atomic mass is 15.2. The molecule has 0 saturated carbocycles. The minimum atomic E-state index is -0.502. The van der Waals surface area contributed by atoms with Gasteiger partial charge in [-0.1, -0.05) is 206 Å². The van der Waals surface area contributed by atoms with Crippen molar-refractivity contribution >= 4 is 21.8 Å². The molecule has 0 unspecified atom stereocenters. The molecule has 2 heterocycles. The maximum Gasteiger partial charge on any atom is 0.238 e. The van der Waals surface area contributed by atoms with Gasteiger partial charge in [0, 0.05) is 27.5 Å². The molecule has 0 fully saturated rings.